The van der Waals surface area contributed by atoms with Gasteiger partial charge in [0.2, 0.25) is 0 Å². The van der Waals surface area contributed by atoms with Crippen LogP contribution in [0.2, 0.25) is 0 Å². The summed E-state index contributed by atoms with van der Waals surface area (Å²) in [6.07, 6.45) is 3.38. The molecular weight excluding hydrogens is 304 g/mol. The van der Waals surface area contributed by atoms with Gasteiger partial charge >= 0.3 is 0 Å². The Morgan fingerprint density at radius 2 is 2.32 bits per heavy atom. The van der Waals surface area contributed by atoms with Gasteiger partial charge in [0.25, 0.3) is 0 Å². The second-order valence-electron chi connectivity index (χ2n) is 5.28. The van der Waals surface area contributed by atoms with Crippen molar-refractivity contribution in [2.24, 2.45) is 11.7 Å². The van der Waals surface area contributed by atoms with Crippen molar-refractivity contribution < 1.29 is 4.74 Å². The van der Waals surface area contributed by atoms with Crippen LogP contribution in [-0.2, 0) is 11.2 Å². The van der Waals surface area contributed by atoms with Crippen LogP contribution >= 0.6 is 15.9 Å². The lowest BCUT2D eigenvalue weighted by Gasteiger charge is -2.29. The molecule has 19 heavy (non-hydrogen) atoms. The summed E-state index contributed by atoms with van der Waals surface area (Å²) in [6.45, 7) is 3.56. The van der Waals surface area contributed by atoms with Crippen molar-refractivity contribution >= 4 is 21.6 Å². The second kappa shape index (κ2) is 7.27. The molecule has 106 valence electrons. The van der Waals surface area contributed by atoms with Gasteiger partial charge in [0.15, 0.2) is 0 Å². The molecule has 0 spiro atoms. The van der Waals surface area contributed by atoms with Crippen LogP contribution in [0.4, 0.5) is 5.69 Å². The van der Waals surface area contributed by atoms with Gasteiger partial charge in [-0.3, -0.25) is 0 Å². The van der Waals surface area contributed by atoms with Gasteiger partial charge in [-0.15, -0.1) is 0 Å². The molecule has 2 rings (SSSR count). The third-order valence-corrected chi connectivity index (χ3v) is 4.15. The highest BCUT2D eigenvalue weighted by Gasteiger charge is 2.17. The number of nitrogens with zero attached hydrogens (tertiary/aromatic N) is 1. The minimum atomic E-state index is 0.646. The van der Waals surface area contributed by atoms with E-state index in [1.54, 1.807) is 0 Å². The lowest BCUT2D eigenvalue weighted by Crippen LogP contribution is -2.31. The minimum Gasteiger partial charge on any atom is -0.381 e. The SMILES string of the molecule is CN(CC1CCCOC1)c1ccc(Br)cc1CCN. The molecule has 1 aliphatic rings. The monoisotopic (exact) mass is 326 g/mol. The maximum atomic E-state index is 5.71. The first-order valence-corrected chi connectivity index (χ1v) is 7.77. The third-order valence-electron chi connectivity index (χ3n) is 3.65. The van der Waals surface area contributed by atoms with Crippen LogP contribution in [0, 0.1) is 5.92 Å². The zero-order chi connectivity index (χ0) is 13.7. The average Bonchev–Trinajstić information content (AvgIpc) is 2.40. The van der Waals surface area contributed by atoms with E-state index in [0.29, 0.717) is 12.5 Å². The summed E-state index contributed by atoms with van der Waals surface area (Å²) in [7, 11) is 2.16. The number of nitrogens with two attached hydrogens (primary N) is 1. The zero-order valence-corrected chi connectivity index (χ0v) is 13.2. The van der Waals surface area contributed by atoms with Crippen LogP contribution in [0.25, 0.3) is 0 Å². The van der Waals surface area contributed by atoms with Crippen molar-refractivity contribution in [3.8, 4) is 0 Å². The summed E-state index contributed by atoms with van der Waals surface area (Å²) < 4.78 is 6.68. The van der Waals surface area contributed by atoms with Crippen molar-refractivity contribution in [3.63, 3.8) is 0 Å². The van der Waals surface area contributed by atoms with E-state index in [0.717, 1.165) is 30.7 Å². The number of hydrogen-bond acceptors (Lipinski definition) is 3. The molecule has 1 aromatic carbocycles. The minimum absolute atomic E-state index is 0.646. The van der Waals surface area contributed by atoms with E-state index in [2.05, 4.69) is 46.1 Å². The highest BCUT2D eigenvalue weighted by Crippen LogP contribution is 2.26. The fourth-order valence-electron chi connectivity index (χ4n) is 2.72. The van der Waals surface area contributed by atoms with E-state index >= 15 is 0 Å². The lowest BCUT2D eigenvalue weighted by molar-refractivity contribution is 0.0576. The Balaban J connectivity index is 2.06. The van der Waals surface area contributed by atoms with Gasteiger partial charge in [0, 0.05) is 30.4 Å². The molecule has 4 heteroatoms. The highest BCUT2D eigenvalue weighted by atomic mass is 79.9. The van der Waals surface area contributed by atoms with Crippen LogP contribution in [-0.4, -0.2) is 33.4 Å². The van der Waals surface area contributed by atoms with E-state index < -0.39 is 0 Å². The number of ether oxygens (including phenoxy) is 1. The Hall–Kier alpha value is -0.580. The molecule has 2 N–H and O–H groups in total. The fraction of sp³-hybridized carbons (Fsp3) is 0.600. The topological polar surface area (TPSA) is 38.5 Å². The first-order chi connectivity index (χ1) is 9.20. The van der Waals surface area contributed by atoms with E-state index in [9.17, 15) is 0 Å². The molecule has 1 aromatic rings. The maximum Gasteiger partial charge on any atom is 0.0511 e. The summed E-state index contributed by atoms with van der Waals surface area (Å²) in [5.74, 6) is 0.646. The lowest BCUT2D eigenvalue weighted by atomic mass is 10.0. The van der Waals surface area contributed by atoms with E-state index in [1.165, 1.54) is 24.1 Å². The first-order valence-electron chi connectivity index (χ1n) is 6.98. The molecular formula is C15H23BrN2O. The molecule has 1 fully saturated rings. The summed E-state index contributed by atoms with van der Waals surface area (Å²) in [5, 5.41) is 0. The molecule has 0 aliphatic carbocycles. The highest BCUT2D eigenvalue weighted by molar-refractivity contribution is 9.10. The van der Waals surface area contributed by atoms with Gasteiger partial charge in [0.05, 0.1) is 6.61 Å². The zero-order valence-electron chi connectivity index (χ0n) is 11.6. The summed E-state index contributed by atoms with van der Waals surface area (Å²) >= 11 is 3.53. The average molecular weight is 327 g/mol. The van der Waals surface area contributed by atoms with Crippen LogP contribution in [0.15, 0.2) is 22.7 Å². The Morgan fingerprint density at radius 1 is 1.47 bits per heavy atom. The number of hydrogen-bond donors (Lipinski definition) is 1. The third kappa shape index (κ3) is 4.20. The quantitative estimate of drug-likeness (QED) is 0.904. The Bertz CT molecular complexity index is 405. The van der Waals surface area contributed by atoms with E-state index in [4.69, 9.17) is 10.5 Å². The molecule has 1 aliphatic heterocycles. The van der Waals surface area contributed by atoms with Crippen LogP contribution in [0.1, 0.15) is 18.4 Å². The predicted molar refractivity (Wildman–Crippen MR) is 83.7 cm³/mol. The van der Waals surface area contributed by atoms with Crippen LogP contribution in [0.3, 0.4) is 0 Å². The molecule has 0 amide bonds. The van der Waals surface area contributed by atoms with Crippen molar-refractivity contribution in [2.75, 3.05) is 38.3 Å². The Labute approximate surface area is 124 Å². The summed E-state index contributed by atoms with van der Waals surface area (Å²) in [5.41, 5.74) is 8.32. The van der Waals surface area contributed by atoms with Crippen LogP contribution < -0.4 is 10.6 Å². The molecule has 1 heterocycles. The largest absolute Gasteiger partial charge is 0.381 e. The molecule has 0 saturated carbocycles. The molecule has 0 bridgehead atoms. The van der Waals surface area contributed by atoms with Gasteiger partial charge in [-0.05, 0) is 55.5 Å². The van der Waals surface area contributed by atoms with Gasteiger partial charge in [-0.1, -0.05) is 15.9 Å². The van der Waals surface area contributed by atoms with Crippen molar-refractivity contribution in [1.29, 1.82) is 0 Å². The standard InChI is InChI=1S/C15H23BrN2O/c1-18(10-12-3-2-8-19-11-12)15-5-4-14(16)9-13(15)6-7-17/h4-5,9,12H,2-3,6-8,10-11,17H2,1H3. The molecule has 1 saturated heterocycles. The molecule has 1 unspecified atom stereocenters. The van der Waals surface area contributed by atoms with E-state index in [-0.39, 0.29) is 0 Å². The Kier molecular flexibility index (Phi) is 5.67. The van der Waals surface area contributed by atoms with Gasteiger partial charge in [0.1, 0.15) is 0 Å². The van der Waals surface area contributed by atoms with Crippen molar-refractivity contribution in [1.82, 2.24) is 0 Å². The fourth-order valence-corrected chi connectivity index (χ4v) is 3.13. The number of halogens is 1. The van der Waals surface area contributed by atoms with Gasteiger partial charge in [-0.25, -0.2) is 0 Å². The second-order valence-corrected chi connectivity index (χ2v) is 6.19. The number of rotatable bonds is 5. The maximum absolute atomic E-state index is 5.71. The molecule has 3 nitrogen and oxygen atoms in total. The molecule has 0 radical (unpaired) electrons. The van der Waals surface area contributed by atoms with Crippen LogP contribution in [0.5, 0.6) is 0 Å². The summed E-state index contributed by atoms with van der Waals surface area (Å²) in [6, 6.07) is 6.46. The summed E-state index contributed by atoms with van der Waals surface area (Å²) in [4.78, 5) is 2.34. The number of anilines is 1. The normalized spacial score (nSPS) is 19.4. The van der Waals surface area contributed by atoms with E-state index in [1.807, 2.05) is 0 Å². The number of benzene rings is 1. The van der Waals surface area contributed by atoms with Crippen molar-refractivity contribution in [2.45, 2.75) is 19.3 Å². The molecule has 0 aromatic heterocycles. The van der Waals surface area contributed by atoms with Crippen molar-refractivity contribution in [3.05, 3.63) is 28.2 Å². The van der Waals surface area contributed by atoms with Gasteiger partial charge in [-0.2, -0.15) is 0 Å². The predicted octanol–water partition coefficient (Wildman–Crippen LogP) is 2.81. The first kappa shape index (κ1) is 14.8. The molecule has 1 atom stereocenters. The smallest absolute Gasteiger partial charge is 0.0511 e. The van der Waals surface area contributed by atoms with Gasteiger partial charge < -0.3 is 15.4 Å². The Morgan fingerprint density at radius 3 is 3.00 bits per heavy atom.